The van der Waals surface area contributed by atoms with Crippen LogP contribution in [0, 0.1) is 0 Å². The molecular weight excluding hydrogens is 193 g/mol. The van der Waals surface area contributed by atoms with Crippen LogP contribution in [0.15, 0.2) is 0 Å². The highest BCUT2D eigenvalue weighted by atomic mass is 32.2. The molecule has 1 fully saturated rings. The zero-order chi connectivity index (χ0) is 9.90. The molecule has 2 N–H and O–H groups in total. The summed E-state index contributed by atoms with van der Waals surface area (Å²) >= 11 is -2.07. The highest BCUT2D eigenvalue weighted by molar-refractivity contribution is 7.79. The fourth-order valence-electron chi connectivity index (χ4n) is 1.77. The Balaban J connectivity index is 2.35. The van der Waals surface area contributed by atoms with Gasteiger partial charge in [-0.2, -0.15) is 0 Å². The van der Waals surface area contributed by atoms with Crippen molar-refractivity contribution in [3.63, 3.8) is 0 Å². The lowest BCUT2D eigenvalue weighted by molar-refractivity contribution is 0.146. The third-order valence-electron chi connectivity index (χ3n) is 2.25. The minimum Gasteiger partial charge on any atom is -0.306 e. The third-order valence-corrected chi connectivity index (χ3v) is 3.04. The topological polar surface area (TPSA) is 49.3 Å². The van der Waals surface area contributed by atoms with Crippen LogP contribution >= 0.6 is 0 Å². The molecule has 1 unspecified atom stereocenters. The maximum Gasteiger partial charge on any atom is 0.172 e. The summed E-state index contributed by atoms with van der Waals surface area (Å²) in [4.78, 5) is 0. The van der Waals surface area contributed by atoms with Crippen molar-refractivity contribution in [2.75, 3.05) is 5.75 Å². The number of rotatable bonds is 4. The first kappa shape index (κ1) is 11.1. The third kappa shape index (κ3) is 4.15. The Bertz CT molecular complexity index is 193. The average Bonchev–Trinajstić information content (AvgIpc) is 2.34. The van der Waals surface area contributed by atoms with Crippen LogP contribution in [0.1, 0.15) is 32.6 Å². The van der Waals surface area contributed by atoms with E-state index in [2.05, 4.69) is 5.32 Å². The van der Waals surface area contributed by atoms with E-state index in [4.69, 9.17) is 4.55 Å². The fraction of sp³-hybridized carbons (Fsp3) is 1.00. The number of alkyl halides is 1. The van der Waals surface area contributed by atoms with E-state index >= 15 is 0 Å². The van der Waals surface area contributed by atoms with E-state index in [1.165, 1.54) is 6.92 Å². The van der Waals surface area contributed by atoms with Crippen molar-refractivity contribution in [3.8, 4) is 0 Å². The average molecular weight is 209 g/mol. The van der Waals surface area contributed by atoms with Crippen LogP contribution < -0.4 is 5.32 Å². The minimum atomic E-state index is -2.07. The van der Waals surface area contributed by atoms with Gasteiger partial charge in [0.25, 0.3) is 0 Å². The lowest BCUT2D eigenvalue weighted by Crippen LogP contribution is -2.47. The molecule has 2 atom stereocenters. The summed E-state index contributed by atoms with van der Waals surface area (Å²) in [7, 11) is 0. The van der Waals surface area contributed by atoms with Gasteiger partial charge in [0.2, 0.25) is 0 Å². The summed E-state index contributed by atoms with van der Waals surface area (Å²) in [6, 6.07) is 0.179. The minimum absolute atomic E-state index is 0.179. The van der Waals surface area contributed by atoms with E-state index < -0.39 is 16.9 Å². The van der Waals surface area contributed by atoms with Crippen molar-refractivity contribution in [3.05, 3.63) is 0 Å². The zero-order valence-corrected chi connectivity index (χ0v) is 8.57. The number of halogens is 1. The smallest absolute Gasteiger partial charge is 0.172 e. The van der Waals surface area contributed by atoms with Gasteiger partial charge in [0.1, 0.15) is 0 Å². The maximum atomic E-state index is 13.5. The van der Waals surface area contributed by atoms with Gasteiger partial charge in [-0.15, -0.1) is 0 Å². The van der Waals surface area contributed by atoms with Crippen molar-refractivity contribution < 1.29 is 13.2 Å². The number of hydrogen-bond donors (Lipinski definition) is 2. The van der Waals surface area contributed by atoms with Gasteiger partial charge in [0.15, 0.2) is 16.9 Å². The second-order valence-corrected chi connectivity index (χ2v) is 4.72. The molecule has 0 aromatic carbocycles. The van der Waals surface area contributed by atoms with Crippen LogP contribution in [0.4, 0.5) is 4.39 Å². The molecule has 1 aliphatic carbocycles. The maximum absolute atomic E-state index is 13.5. The number of hydrogen-bond acceptors (Lipinski definition) is 2. The summed E-state index contributed by atoms with van der Waals surface area (Å²) in [6.07, 6.45) is 4.18. The Labute approximate surface area is 80.4 Å². The van der Waals surface area contributed by atoms with Crippen LogP contribution in [0.2, 0.25) is 0 Å². The summed E-state index contributed by atoms with van der Waals surface area (Å²) in [5.74, 6) is -2.07. The van der Waals surface area contributed by atoms with Crippen LogP contribution in [0.25, 0.3) is 0 Å². The monoisotopic (exact) mass is 209 g/mol. The number of nitrogens with one attached hydrogen (secondary N) is 1. The van der Waals surface area contributed by atoms with E-state index in [9.17, 15) is 8.60 Å². The Morgan fingerprint density at radius 1 is 1.62 bits per heavy atom. The molecular formula is C8H16FNO2S. The molecule has 13 heavy (non-hydrogen) atoms. The molecule has 1 rings (SSSR count). The van der Waals surface area contributed by atoms with Gasteiger partial charge in [0.05, 0.1) is 5.75 Å². The van der Waals surface area contributed by atoms with Gasteiger partial charge in [0, 0.05) is 6.04 Å². The van der Waals surface area contributed by atoms with Gasteiger partial charge in [-0.05, 0) is 19.8 Å². The molecule has 1 saturated carbocycles. The largest absolute Gasteiger partial charge is 0.306 e. The fourth-order valence-corrected chi connectivity index (χ4v) is 2.32. The molecule has 1 aliphatic rings. The predicted molar refractivity (Wildman–Crippen MR) is 50.5 cm³/mol. The van der Waals surface area contributed by atoms with Gasteiger partial charge < -0.3 is 4.55 Å². The van der Waals surface area contributed by atoms with Crippen molar-refractivity contribution >= 4 is 11.1 Å². The summed E-state index contributed by atoms with van der Waals surface area (Å²) in [5, 5.41) is 2.77. The quantitative estimate of drug-likeness (QED) is 0.544. The molecule has 0 aliphatic heterocycles. The first-order valence-corrected chi connectivity index (χ1v) is 5.81. The molecule has 3 nitrogen and oxygen atoms in total. The van der Waals surface area contributed by atoms with Crippen molar-refractivity contribution in [2.24, 2.45) is 0 Å². The summed E-state index contributed by atoms with van der Waals surface area (Å²) in [5.41, 5.74) is 0. The van der Waals surface area contributed by atoms with Crippen LogP contribution in [0.3, 0.4) is 0 Å². The van der Waals surface area contributed by atoms with Gasteiger partial charge in [-0.3, -0.25) is 5.32 Å². The second-order valence-electron chi connectivity index (χ2n) is 3.79. The van der Waals surface area contributed by atoms with Crippen molar-refractivity contribution in [2.45, 2.75) is 44.4 Å². The molecule has 0 heterocycles. The molecule has 0 aromatic rings. The molecule has 0 amide bonds. The molecule has 78 valence electrons. The first-order chi connectivity index (χ1) is 5.99. The molecule has 0 aromatic heterocycles. The van der Waals surface area contributed by atoms with Gasteiger partial charge >= 0.3 is 0 Å². The Morgan fingerprint density at radius 2 is 2.15 bits per heavy atom. The van der Waals surface area contributed by atoms with E-state index in [0.717, 1.165) is 25.7 Å². The standard InChI is InChI=1S/C8H16FNO2S/c1-8(9,6-13(11)12)10-7-4-2-3-5-7/h7,10H,2-6H2,1H3,(H,11,12)/t8-/m1/s1. The summed E-state index contributed by atoms with van der Waals surface area (Å²) < 4.78 is 32.5. The molecule has 0 radical (unpaired) electrons. The van der Waals surface area contributed by atoms with E-state index in [0.29, 0.717) is 0 Å². The normalized spacial score (nSPS) is 25.8. The second kappa shape index (κ2) is 4.48. The zero-order valence-electron chi connectivity index (χ0n) is 7.75. The summed E-state index contributed by atoms with van der Waals surface area (Å²) in [6.45, 7) is 1.32. The van der Waals surface area contributed by atoms with Gasteiger partial charge in [-0.25, -0.2) is 8.60 Å². The van der Waals surface area contributed by atoms with Crippen LogP contribution in [-0.2, 0) is 11.1 Å². The molecule has 0 saturated heterocycles. The Kier molecular flexibility index (Phi) is 3.82. The van der Waals surface area contributed by atoms with Crippen molar-refractivity contribution in [1.82, 2.24) is 5.32 Å². The van der Waals surface area contributed by atoms with Gasteiger partial charge in [-0.1, -0.05) is 12.8 Å². The van der Waals surface area contributed by atoms with E-state index in [-0.39, 0.29) is 11.8 Å². The first-order valence-electron chi connectivity index (χ1n) is 4.54. The van der Waals surface area contributed by atoms with Crippen molar-refractivity contribution in [1.29, 1.82) is 0 Å². The van der Waals surface area contributed by atoms with E-state index in [1.807, 2.05) is 0 Å². The predicted octanol–water partition coefficient (Wildman–Crippen LogP) is 1.43. The lowest BCUT2D eigenvalue weighted by atomic mass is 10.2. The highest BCUT2D eigenvalue weighted by Gasteiger charge is 2.29. The molecule has 5 heteroatoms. The lowest BCUT2D eigenvalue weighted by Gasteiger charge is -2.24. The van der Waals surface area contributed by atoms with Crippen LogP contribution in [-0.4, -0.2) is 26.3 Å². The molecule has 0 spiro atoms. The van der Waals surface area contributed by atoms with E-state index in [1.54, 1.807) is 0 Å². The molecule has 0 bridgehead atoms. The SMILES string of the molecule is C[C@](F)(CS(=O)O)NC1CCCC1. The highest BCUT2D eigenvalue weighted by Crippen LogP contribution is 2.21. The Hall–Kier alpha value is -0.0000000000000000416. The van der Waals surface area contributed by atoms with Crippen LogP contribution in [0.5, 0.6) is 0 Å². The Morgan fingerprint density at radius 3 is 2.62 bits per heavy atom.